The first-order valence-corrected chi connectivity index (χ1v) is 8.78. The maximum atomic E-state index is 12.4. The van der Waals surface area contributed by atoms with Crippen molar-refractivity contribution in [1.82, 2.24) is 5.32 Å². The Bertz CT molecular complexity index is 683. The van der Waals surface area contributed by atoms with Crippen LogP contribution in [0.15, 0.2) is 42.5 Å². The highest BCUT2D eigenvalue weighted by Crippen LogP contribution is 2.16. The van der Waals surface area contributed by atoms with Crippen LogP contribution in [-0.4, -0.2) is 12.0 Å². The van der Waals surface area contributed by atoms with Crippen LogP contribution < -0.4 is 5.32 Å². The van der Waals surface area contributed by atoms with Gasteiger partial charge in [0.25, 0.3) is 5.91 Å². The zero-order valence-electron chi connectivity index (χ0n) is 13.7. The number of carbonyl (C=O) groups is 1. The molecule has 0 saturated carbocycles. The number of amides is 1. The molecule has 23 heavy (non-hydrogen) atoms. The molecule has 0 spiro atoms. The molecule has 0 saturated heterocycles. The third kappa shape index (κ3) is 5.32. The Morgan fingerprint density at radius 2 is 1.87 bits per heavy atom. The Kier molecular flexibility index (Phi) is 6.59. The first-order chi connectivity index (χ1) is 11.0. The Morgan fingerprint density at radius 3 is 2.61 bits per heavy atom. The van der Waals surface area contributed by atoms with Crippen LogP contribution in [0, 0.1) is 10.5 Å². The summed E-state index contributed by atoms with van der Waals surface area (Å²) in [6.45, 7) is 7.16. The van der Waals surface area contributed by atoms with Gasteiger partial charge in [0.15, 0.2) is 0 Å². The Balaban J connectivity index is 1.99. The molecule has 3 nitrogen and oxygen atoms in total. The summed E-state index contributed by atoms with van der Waals surface area (Å²) in [4.78, 5) is 12.4. The summed E-state index contributed by atoms with van der Waals surface area (Å²) in [5.74, 6) is -0.0399. The first-order valence-electron chi connectivity index (χ1n) is 7.70. The highest BCUT2D eigenvalue weighted by Gasteiger charge is 2.10. The van der Waals surface area contributed by atoms with Gasteiger partial charge < -0.3 is 10.1 Å². The van der Waals surface area contributed by atoms with Crippen molar-refractivity contribution in [3.05, 3.63) is 68.3 Å². The second-order valence-corrected chi connectivity index (χ2v) is 6.88. The molecular formula is C19H22INO2. The van der Waals surface area contributed by atoms with Crippen LogP contribution in [0.1, 0.15) is 40.9 Å². The lowest BCUT2D eigenvalue weighted by molar-refractivity contribution is 0.0657. The van der Waals surface area contributed by atoms with Gasteiger partial charge in [-0.2, -0.15) is 0 Å². The molecule has 0 atom stereocenters. The number of halogens is 1. The van der Waals surface area contributed by atoms with Crippen molar-refractivity contribution >= 4 is 28.5 Å². The summed E-state index contributed by atoms with van der Waals surface area (Å²) in [5, 5.41) is 2.99. The van der Waals surface area contributed by atoms with Gasteiger partial charge in [0.05, 0.1) is 18.3 Å². The molecule has 0 aliphatic carbocycles. The third-order valence-corrected chi connectivity index (χ3v) is 4.90. The van der Waals surface area contributed by atoms with Crippen molar-refractivity contribution < 1.29 is 9.53 Å². The van der Waals surface area contributed by atoms with E-state index >= 15 is 0 Å². The van der Waals surface area contributed by atoms with Crippen molar-refractivity contribution in [2.24, 2.45) is 0 Å². The topological polar surface area (TPSA) is 38.3 Å². The van der Waals surface area contributed by atoms with E-state index in [9.17, 15) is 4.79 Å². The second kappa shape index (κ2) is 8.45. The normalized spacial score (nSPS) is 10.8. The Morgan fingerprint density at radius 1 is 1.17 bits per heavy atom. The van der Waals surface area contributed by atoms with Gasteiger partial charge in [0.2, 0.25) is 0 Å². The van der Waals surface area contributed by atoms with Gasteiger partial charge >= 0.3 is 0 Å². The number of hydrogen-bond acceptors (Lipinski definition) is 2. The monoisotopic (exact) mass is 423 g/mol. The van der Waals surface area contributed by atoms with Crippen molar-refractivity contribution in [2.45, 2.75) is 40.0 Å². The average molecular weight is 423 g/mol. The molecule has 0 fully saturated rings. The van der Waals surface area contributed by atoms with Crippen molar-refractivity contribution in [2.75, 3.05) is 0 Å². The van der Waals surface area contributed by atoms with E-state index in [0.717, 1.165) is 25.8 Å². The highest BCUT2D eigenvalue weighted by atomic mass is 127. The minimum atomic E-state index is -0.0399. The van der Waals surface area contributed by atoms with E-state index in [1.165, 1.54) is 0 Å². The predicted octanol–water partition coefficient (Wildman–Crippen LogP) is 4.45. The van der Waals surface area contributed by atoms with Crippen LogP contribution >= 0.6 is 22.6 Å². The molecular weight excluding hydrogens is 401 g/mol. The summed E-state index contributed by atoms with van der Waals surface area (Å²) < 4.78 is 6.62. The molecule has 0 aliphatic heterocycles. The maximum Gasteiger partial charge on any atom is 0.252 e. The average Bonchev–Trinajstić information content (AvgIpc) is 2.53. The van der Waals surface area contributed by atoms with E-state index in [2.05, 4.69) is 34.0 Å². The van der Waals surface area contributed by atoms with Gasteiger partial charge in [-0.1, -0.05) is 36.4 Å². The molecule has 0 heterocycles. The molecule has 1 N–H and O–H groups in total. The molecule has 4 heteroatoms. The molecule has 122 valence electrons. The van der Waals surface area contributed by atoms with E-state index in [1.54, 1.807) is 0 Å². The largest absolute Gasteiger partial charge is 0.374 e. The standard InChI is InChI=1S/C19H22INO2/c1-13(2)23-12-16-8-5-7-15(10-16)11-21-19(22)17-9-4-6-14(3)18(17)20/h4-10,13H,11-12H2,1-3H3,(H,21,22). The lowest BCUT2D eigenvalue weighted by Crippen LogP contribution is -2.24. The molecule has 0 unspecified atom stereocenters. The smallest absolute Gasteiger partial charge is 0.252 e. The molecule has 0 aliphatic rings. The van der Waals surface area contributed by atoms with Crippen LogP contribution in [-0.2, 0) is 17.9 Å². The molecule has 0 radical (unpaired) electrons. The lowest BCUT2D eigenvalue weighted by Gasteiger charge is -2.11. The summed E-state index contributed by atoms with van der Waals surface area (Å²) in [6.07, 6.45) is 0.210. The van der Waals surface area contributed by atoms with E-state index in [-0.39, 0.29) is 12.0 Å². The lowest BCUT2D eigenvalue weighted by atomic mass is 10.1. The van der Waals surface area contributed by atoms with Crippen LogP contribution in [0.25, 0.3) is 0 Å². The molecule has 1 amide bonds. The number of nitrogens with one attached hydrogen (secondary N) is 1. The van der Waals surface area contributed by atoms with Crippen molar-refractivity contribution in [3.8, 4) is 0 Å². The summed E-state index contributed by atoms with van der Waals surface area (Å²) >= 11 is 2.22. The fraction of sp³-hybridized carbons (Fsp3) is 0.316. The summed E-state index contributed by atoms with van der Waals surface area (Å²) in [7, 11) is 0. The van der Waals surface area contributed by atoms with Crippen LogP contribution in [0.4, 0.5) is 0 Å². The van der Waals surface area contributed by atoms with E-state index in [0.29, 0.717) is 13.2 Å². The highest BCUT2D eigenvalue weighted by molar-refractivity contribution is 14.1. The molecule has 0 aromatic heterocycles. The van der Waals surface area contributed by atoms with Crippen LogP contribution in [0.2, 0.25) is 0 Å². The van der Waals surface area contributed by atoms with E-state index < -0.39 is 0 Å². The maximum absolute atomic E-state index is 12.4. The first kappa shape index (κ1) is 17.9. The second-order valence-electron chi connectivity index (χ2n) is 5.80. The minimum absolute atomic E-state index is 0.0399. The summed E-state index contributed by atoms with van der Waals surface area (Å²) in [5.41, 5.74) is 4.04. The van der Waals surface area contributed by atoms with E-state index in [1.807, 2.05) is 57.2 Å². The Hall–Kier alpha value is -1.40. The number of aryl methyl sites for hydroxylation is 1. The molecule has 2 aromatic rings. The van der Waals surface area contributed by atoms with Crippen LogP contribution in [0.3, 0.4) is 0 Å². The Labute approximate surface area is 151 Å². The fourth-order valence-electron chi connectivity index (χ4n) is 2.19. The van der Waals surface area contributed by atoms with Crippen molar-refractivity contribution in [3.63, 3.8) is 0 Å². The molecule has 2 rings (SSSR count). The molecule has 0 bridgehead atoms. The third-order valence-electron chi connectivity index (χ3n) is 3.46. The number of hydrogen-bond donors (Lipinski definition) is 1. The predicted molar refractivity (Wildman–Crippen MR) is 101 cm³/mol. The zero-order chi connectivity index (χ0) is 16.8. The van der Waals surface area contributed by atoms with Gasteiger partial charge in [-0.25, -0.2) is 0 Å². The van der Waals surface area contributed by atoms with Gasteiger partial charge in [-0.05, 0) is 66.1 Å². The quantitative estimate of drug-likeness (QED) is 0.698. The number of rotatable bonds is 6. The molecule has 2 aromatic carbocycles. The summed E-state index contributed by atoms with van der Waals surface area (Å²) in [6, 6.07) is 13.9. The van der Waals surface area contributed by atoms with E-state index in [4.69, 9.17) is 4.74 Å². The van der Waals surface area contributed by atoms with Gasteiger partial charge in [-0.3, -0.25) is 4.79 Å². The number of carbonyl (C=O) groups excluding carboxylic acids is 1. The number of ether oxygens (including phenoxy) is 1. The van der Waals surface area contributed by atoms with Crippen molar-refractivity contribution in [1.29, 1.82) is 0 Å². The van der Waals surface area contributed by atoms with Gasteiger partial charge in [-0.15, -0.1) is 0 Å². The zero-order valence-corrected chi connectivity index (χ0v) is 15.9. The minimum Gasteiger partial charge on any atom is -0.374 e. The van der Waals surface area contributed by atoms with Gasteiger partial charge in [0, 0.05) is 10.1 Å². The van der Waals surface area contributed by atoms with Crippen LogP contribution in [0.5, 0.6) is 0 Å². The van der Waals surface area contributed by atoms with Gasteiger partial charge in [0.1, 0.15) is 0 Å². The SMILES string of the molecule is Cc1cccc(C(=O)NCc2cccc(COC(C)C)c2)c1I. The fourth-order valence-corrected chi connectivity index (χ4v) is 2.80. The number of benzene rings is 2.